The number of benzene rings is 3. The number of hydrogen-bond donors (Lipinski definition) is 3. The second-order valence-electron chi connectivity index (χ2n) is 10.9. The van der Waals surface area contributed by atoms with Crippen LogP contribution in [0.15, 0.2) is 66.9 Å². The van der Waals surface area contributed by atoms with E-state index in [-0.39, 0.29) is 58.4 Å². The molecule has 0 radical (unpaired) electrons. The Labute approximate surface area is 302 Å². The maximum Gasteiger partial charge on any atom is 2.00 e. The Morgan fingerprint density at radius 2 is 1.53 bits per heavy atom. The van der Waals surface area contributed by atoms with E-state index in [2.05, 4.69) is 15.6 Å². The number of carboxylic acids is 1. The van der Waals surface area contributed by atoms with Crippen LogP contribution in [-0.4, -0.2) is 78.8 Å². The predicted molar refractivity (Wildman–Crippen MR) is 174 cm³/mol. The first-order valence-electron chi connectivity index (χ1n) is 14.9. The van der Waals surface area contributed by atoms with Gasteiger partial charge in [-0.05, 0) is 87.6 Å². The zero-order chi connectivity index (χ0) is 32.7. The number of fused-ring (bicyclic) bond motifs is 1. The van der Waals surface area contributed by atoms with Gasteiger partial charge in [-0.3, -0.25) is 19.4 Å². The summed E-state index contributed by atoms with van der Waals surface area (Å²) >= 11 is 0. The summed E-state index contributed by atoms with van der Waals surface area (Å²) in [6.45, 7) is 2.57. The Kier molecular flexibility index (Phi) is 12.4. The van der Waals surface area contributed by atoms with E-state index in [1.54, 1.807) is 18.2 Å². The molecule has 0 unspecified atom stereocenters. The fourth-order valence-corrected chi connectivity index (χ4v) is 4.83. The van der Waals surface area contributed by atoms with Gasteiger partial charge in [0, 0.05) is 41.5 Å². The number of carboxylic acid groups (broad SMARTS) is 1. The summed E-state index contributed by atoms with van der Waals surface area (Å²) in [5.41, 5.74) is -0.251. The van der Waals surface area contributed by atoms with Crippen LogP contribution < -0.4 is 24.8 Å². The minimum atomic E-state index is -1.29. The number of aromatic nitrogens is 1. The van der Waals surface area contributed by atoms with Gasteiger partial charge in [0.2, 0.25) is 11.8 Å². The molecule has 1 saturated carbocycles. The van der Waals surface area contributed by atoms with Crippen molar-refractivity contribution in [3.05, 3.63) is 78.5 Å². The van der Waals surface area contributed by atoms with Crippen molar-refractivity contribution in [2.24, 2.45) is 5.41 Å². The molecular formula is C34H35CaF2N3O7. The Balaban J connectivity index is 0.00000278. The molecule has 0 atom stereocenters. The number of nitrogens with zero attached hydrogens (tertiary/aromatic N) is 1. The molecule has 1 aliphatic rings. The van der Waals surface area contributed by atoms with Crippen LogP contribution in [0.2, 0.25) is 0 Å². The second kappa shape index (κ2) is 16.2. The number of unbranched alkanes of at least 4 members (excludes halogenated alkanes) is 2. The minimum absolute atomic E-state index is 0. The first-order chi connectivity index (χ1) is 22.2. The van der Waals surface area contributed by atoms with Crippen molar-refractivity contribution >= 4 is 77.8 Å². The summed E-state index contributed by atoms with van der Waals surface area (Å²) in [4.78, 5) is 41.0. The van der Waals surface area contributed by atoms with Gasteiger partial charge in [0.25, 0.3) is 0 Å². The number of hydrogen-bond acceptors (Lipinski definition) is 7. The van der Waals surface area contributed by atoms with E-state index in [9.17, 15) is 18.8 Å². The molecule has 3 N–H and O–H groups in total. The molecule has 244 valence electrons. The van der Waals surface area contributed by atoms with Crippen molar-refractivity contribution in [2.75, 3.05) is 23.8 Å². The third-order valence-electron chi connectivity index (χ3n) is 7.49. The first-order valence-corrected chi connectivity index (χ1v) is 14.9. The Hall–Kier alpha value is -4.00. The van der Waals surface area contributed by atoms with Crippen molar-refractivity contribution in [2.45, 2.75) is 45.4 Å². The van der Waals surface area contributed by atoms with Gasteiger partial charge in [-0.25, -0.2) is 8.78 Å². The zero-order valence-electron chi connectivity index (χ0n) is 27.8. The molecule has 2 amide bonds. The standard InChI is InChI=1S/C34H33F2N3O7.Ca.2H/c1-2-44-29-19-24-26(20-30(29)45-17-5-3-4-6-31(40)41)37-16-13-27(24)46-28-12-11-23(18-25(28)36)39-33(43)34(14-15-34)32(42)38-22-9-7-21(35)8-10-22;;;/h7-13,16,18-20H,2-6,14-15,17H2,1H3,(H,38,42)(H,39,43)(H,40,41);;;/q;+2;2*-1. The normalized spacial score (nSPS) is 12.8. The molecule has 1 aromatic heterocycles. The van der Waals surface area contributed by atoms with E-state index < -0.39 is 34.8 Å². The molecule has 47 heavy (non-hydrogen) atoms. The van der Waals surface area contributed by atoms with E-state index in [1.165, 1.54) is 42.6 Å². The molecule has 13 heteroatoms. The van der Waals surface area contributed by atoms with Crippen LogP contribution in [0.5, 0.6) is 23.0 Å². The van der Waals surface area contributed by atoms with Gasteiger partial charge in [0.05, 0.1) is 18.7 Å². The molecule has 1 fully saturated rings. The van der Waals surface area contributed by atoms with Gasteiger partial charge < -0.3 is 32.8 Å². The number of carbonyl (C=O) groups is 3. The summed E-state index contributed by atoms with van der Waals surface area (Å²) in [5, 5.41) is 14.6. The van der Waals surface area contributed by atoms with E-state index in [4.69, 9.17) is 19.3 Å². The predicted octanol–water partition coefficient (Wildman–Crippen LogP) is 6.93. The number of rotatable bonds is 15. The molecule has 4 aromatic rings. The molecule has 0 bridgehead atoms. The Morgan fingerprint density at radius 3 is 2.19 bits per heavy atom. The molecule has 0 aliphatic heterocycles. The number of halogens is 2. The van der Waals surface area contributed by atoms with Crippen molar-refractivity contribution in [3.8, 4) is 23.0 Å². The van der Waals surface area contributed by atoms with Crippen LogP contribution in [0.4, 0.5) is 20.2 Å². The molecule has 0 saturated heterocycles. The minimum Gasteiger partial charge on any atom is -1.00 e. The van der Waals surface area contributed by atoms with Crippen LogP contribution >= 0.6 is 0 Å². The molecule has 1 aliphatic carbocycles. The van der Waals surface area contributed by atoms with E-state index in [1.807, 2.05) is 6.92 Å². The summed E-state index contributed by atoms with van der Waals surface area (Å²) < 4.78 is 46.1. The quantitative estimate of drug-likeness (QED) is 0.0702. The molecule has 10 nitrogen and oxygen atoms in total. The van der Waals surface area contributed by atoms with E-state index in [0.717, 1.165) is 6.07 Å². The number of pyridine rings is 1. The summed E-state index contributed by atoms with van der Waals surface area (Å²) in [6, 6.07) is 14.2. The summed E-state index contributed by atoms with van der Waals surface area (Å²) in [5.74, 6) is -1.95. The molecule has 3 aromatic carbocycles. The van der Waals surface area contributed by atoms with Gasteiger partial charge in [-0.2, -0.15) is 0 Å². The van der Waals surface area contributed by atoms with Crippen molar-refractivity contribution in [3.63, 3.8) is 0 Å². The summed E-state index contributed by atoms with van der Waals surface area (Å²) in [7, 11) is 0. The number of nitrogens with one attached hydrogen (secondary N) is 2. The van der Waals surface area contributed by atoms with Crippen LogP contribution in [-0.2, 0) is 14.4 Å². The molecule has 1 heterocycles. The molecular weight excluding hydrogens is 640 g/mol. The van der Waals surface area contributed by atoms with Crippen LogP contribution in [0, 0.1) is 17.0 Å². The zero-order valence-corrected chi connectivity index (χ0v) is 28.0. The van der Waals surface area contributed by atoms with E-state index >= 15 is 4.39 Å². The SMILES string of the molecule is CCOc1cc2c(Oc3ccc(NC(=O)C4(C(=O)Nc5ccc(F)cc5)CC4)cc3F)ccnc2cc1OCCCCCC(=O)O.[Ca+2].[H-].[H-]. The van der Waals surface area contributed by atoms with Crippen molar-refractivity contribution < 1.29 is 45.3 Å². The maximum atomic E-state index is 15.2. The first kappa shape index (κ1) is 35.8. The van der Waals surface area contributed by atoms with E-state index in [0.29, 0.717) is 79.2 Å². The monoisotopic (exact) mass is 675 g/mol. The van der Waals surface area contributed by atoms with Gasteiger partial charge in [0.15, 0.2) is 23.1 Å². The number of ether oxygens (including phenoxy) is 3. The van der Waals surface area contributed by atoms with Gasteiger partial charge >= 0.3 is 43.7 Å². The fraction of sp³-hybridized carbons (Fsp3) is 0.294. The Bertz CT molecular complexity index is 1760. The van der Waals surface area contributed by atoms with Crippen LogP contribution in [0.25, 0.3) is 10.9 Å². The molecule has 0 spiro atoms. The number of carbonyl (C=O) groups excluding carboxylic acids is 2. The van der Waals surface area contributed by atoms with Gasteiger partial charge in [0.1, 0.15) is 17.0 Å². The van der Waals surface area contributed by atoms with Crippen molar-refractivity contribution in [1.29, 1.82) is 0 Å². The van der Waals surface area contributed by atoms with Crippen LogP contribution in [0.1, 0.15) is 48.3 Å². The largest absolute Gasteiger partial charge is 2.00 e. The number of aliphatic carboxylic acids is 1. The average Bonchev–Trinajstić information content (AvgIpc) is 3.84. The summed E-state index contributed by atoms with van der Waals surface area (Å²) in [6.07, 6.45) is 4.24. The second-order valence-corrected chi connectivity index (χ2v) is 10.9. The van der Waals surface area contributed by atoms with Crippen molar-refractivity contribution in [1.82, 2.24) is 4.98 Å². The number of anilines is 2. The molecule has 5 rings (SSSR count). The smallest absolute Gasteiger partial charge is 1.00 e. The average molecular weight is 676 g/mol. The third-order valence-corrected chi connectivity index (χ3v) is 7.49. The topological polar surface area (TPSA) is 136 Å². The van der Waals surface area contributed by atoms with Gasteiger partial charge in [-0.1, -0.05) is 0 Å². The third kappa shape index (κ3) is 9.09. The number of amides is 2. The fourth-order valence-electron chi connectivity index (χ4n) is 4.83. The van der Waals surface area contributed by atoms with Crippen LogP contribution in [0.3, 0.4) is 0 Å². The Morgan fingerprint density at radius 1 is 0.851 bits per heavy atom. The maximum absolute atomic E-state index is 15.2. The van der Waals surface area contributed by atoms with Gasteiger partial charge in [-0.15, -0.1) is 0 Å².